The number of benzene rings is 1. The van der Waals surface area contributed by atoms with Crippen LogP contribution in [0.2, 0.25) is 0 Å². The third-order valence-corrected chi connectivity index (χ3v) is 4.12. The highest BCUT2D eigenvalue weighted by atomic mass is 79.9. The van der Waals surface area contributed by atoms with E-state index in [0.29, 0.717) is 11.6 Å². The minimum absolute atomic E-state index is 0.124. The molecule has 1 aromatic heterocycles. The predicted octanol–water partition coefficient (Wildman–Crippen LogP) is 2.82. The molecule has 21 heavy (non-hydrogen) atoms. The second kappa shape index (κ2) is 6.41. The van der Waals surface area contributed by atoms with Crippen molar-refractivity contribution in [3.05, 3.63) is 46.7 Å². The molecular formula is C15H17BrN4O. The second-order valence-corrected chi connectivity index (χ2v) is 6.07. The Hall–Kier alpha value is -1.66. The number of piperidine rings is 1. The highest BCUT2D eigenvalue weighted by molar-refractivity contribution is 9.10. The van der Waals surface area contributed by atoms with Gasteiger partial charge in [0.15, 0.2) is 0 Å². The Morgan fingerprint density at radius 2 is 2.19 bits per heavy atom. The number of aromatic nitrogens is 2. The largest absolute Gasteiger partial charge is 0.319 e. The molecule has 2 N–H and O–H groups in total. The van der Waals surface area contributed by atoms with Gasteiger partial charge in [-0.1, -0.05) is 22.0 Å². The Balaban J connectivity index is 1.68. The monoisotopic (exact) mass is 348 g/mol. The van der Waals surface area contributed by atoms with Crippen LogP contribution >= 0.6 is 15.9 Å². The molecule has 1 fully saturated rings. The van der Waals surface area contributed by atoms with Gasteiger partial charge in [0, 0.05) is 16.2 Å². The van der Waals surface area contributed by atoms with Crippen LogP contribution in [0.15, 0.2) is 41.1 Å². The van der Waals surface area contributed by atoms with Crippen molar-refractivity contribution in [1.29, 1.82) is 0 Å². The van der Waals surface area contributed by atoms with Crippen molar-refractivity contribution < 1.29 is 4.79 Å². The van der Waals surface area contributed by atoms with Crippen molar-refractivity contribution in [1.82, 2.24) is 15.1 Å². The summed E-state index contributed by atoms with van der Waals surface area (Å²) < 4.78 is 2.85. The topological polar surface area (TPSA) is 59.0 Å². The number of nitrogens with zero attached hydrogens (tertiary/aromatic N) is 2. The number of amides is 1. The molecule has 1 aromatic carbocycles. The smallest absolute Gasteiger partial charge is 0.255 e. The van der Waals surface area contributed by atoms with E-state index in [1.165, 1.54) is 0 Å². The molecule has 6 heteroatoms. The van der Waals surface area contributed by atoms with Crippen molar-refractivity contribution in [3.63, 3.8) is 0 Å². The lowest BCUT2D eigenvalue weighted by Gasteiger charge is -2.22. The molecule has 0 bridgehead atoms. The molecule has 0 radical (unpaired) electrons. The Bertz CT molecular complexity index is 634. The molecule has 1 amide bonds. The van der Waals surface area contributed by atoms with Crippen molar-refractivity contribution in [2.75, 3.05) is 18.4 Å². The van der Waals surface area contributed by atoms with Gasteiger partial charge in [-0.05, 0) is 44.1 Å². The van der Waals surface area contributed by atoms with E-state index >= 15 is 0 Å². The SMILES string of the molecule is O=C(Nc1cnn(C2CCNCC2)c1)c1cccc(Br)c1. The molecule has 0 unspecified atom stereocenters. The van der Waals surface area contributed by atoms with Crippen LogP contribution in [-0.4, -0.2) is 28.8 Å². The average molecular weight is 349 g/mol. The molecule has 3 rings (SSSR count). The van der Waals surface area contributed by atoms with Crippen LogP contribution in [0.5, 0.6) is 0 Å². The van der Waals surface area contributed by atoms with Gasteiger partial charge in [-0.2, -0.15) is 5.10 Å². The predicted molar refractivity (Wildman–Crippen MR) is 85.5 cm³/mol. The molecule has 1 saturated heterocycles. The normalized spacial score (nSPS) is 15.9. The number of carbonyl (C=O) groups excluding carboxylic acids is 1. The van der Waals surface area contributed by atoms with E-state index in [-0.39, 0.29) is 5.91 Å². The lowest BCUT2D eigenvalue weighted by atomic mass is 10.1. The summed E-state index contributed by atoms with van der Waals surface area (Å²) in [7, 11) is 0. The van der Waals surface area contributed by atoms with E-state index in [1.54, 1.807) is 18.3 Å². The number of halogens is 1. The number of hydrogen-bond donors (Lipinski definition) is 2. The zero-order valence-corrected chi connectivity index (χ0v) is 13.1. The summed E-state index contributed by atoms with van der Waals surface area (Å²) in [5.74, 6) is -0.124. The van der Waals surface area contributed by atoms with Gasteiger partial charge >= 0.3 is 0 Å². The summed E-state index contributed by atoms with van der Waals surface area (Å²) in [6.07, 6.45) is 5.76. The number of rotatable bonds is 3. The summed E-state index contributed by atoms with van der Waals surface area (Å²) in [5, 5.41) is 10.6. The Morgan fingerprint density at radius 3 is 2.95 bits per heavy atom. The van der Waals surface area contributed by atoms with E-state index < -0.39 is 0 Å². The van der Waals surface area contributed by atoms with Gasteiger partial charge in [0.05, 0.1) is 17.9 Å². The summed E-state index contributed by atoms with van der Waals surface area (Å²) in [6, 6.07) is 7.75. The van der Waals surface area contributed by atoms with Crippen molar-refractivity contribution in [2.24, 2.45) is 0 Å². The van der Waals surface area contributed by atoms with Crippen LogP contribution in [0.4, 0.5) is 5.69 Å². The minimum atomic E-state index is -0.124. The van der Waals surface area contributed by atoms with Gasteiger partial charge in [-0.25, -0.2) is 0 Å². The zero-order valence-electron chi connectivity index (χ0n) is 11.6. The maximum absolute atomic E-state index is 12.2. The Kier molecular flexibility index (Phi) is 4.36. The van der Waals surface area contributed by atoms with Gasteiger partial charge in [0.25, 0.3) is 5.91 Å². The molecular weight excluding hydrogens is 332 g/mol. The lowest BCUT2D eigenvalue weighted by molar-refractivity contribution is 0.102. The lowest BCUT2D eigenvalue weighted by Crippen LogP contribution is -2.29. The fraction of sp³-hybridized carbons (Fsp3) is 0.333. The number of anilines is 1. The van der Waals surface area contributed by atoms with E-state index in [1.807, 2.05) is 23.0 Å². The first kappa shape index (κ1) is 14.3. The number of hydrogen-bond acceptors (Lipinski definition) is 3. The van der Waals surface area contributed by atoms with Crippen LogP contribution in [0, 0.1) is 0 Å². The molecule has 5 nitrogen and oxygen atoms in total. The van der Waals surface area contributed by atoms with E-state index in [0.717, 1.165) is 36.1 Å². The Labute approximate surface area is 131 Å². The highest BCUT2D eigenvalue weighted by Crippen LogP contribution is 2.20. The Morgan fingerprint density at radius 1 is 1.38 bits per heavy atom. The first-order valence-electron chi connectivity index (χ1n) is 7.04. The zero-order chi connectivity index (χ0) is 14.7. The van der Waals surface area contributed by atoms with E-state index in [2.05, 4.69) is 31.7 Å². The fourth-order valence-corrected chi connectivity index (χ4v) is 2.91. The standard InChI is InChI=1S/C15H17BrN4O/c16-12-3-1-2-11(8-12)15(21)19-13-9-18-20(10-13)14-4-6-17-7-5-14/h1-3,8-10,14,17H,4-7H2,(H,19,21). The van der Waals surface area contributed by atoms with E-state index in [4.69, 9.17) is 0 Å². The third kappa shape index (κ3) is 3.51. The molecule has 1 aliphatic rings. The van der Waals surface area contributed by atoms with E-state index in [9.17, 15) is 4.79 Å². The first-order chi connectivity index (χ1) is 10.2. The van der Waals surface area contributed by atoms with Gasteiger partial charge in [-0.3, -0.25) is 9.48 Å². The average Bonchev–Trinajstić information content (AvgIpc) is 2.97. The van der Waals surface area contributed by atoms with Crippen molar-refractivity contribution in [3.8, 4) is 0 Å². The molecule has 0 spiro atoms. The quantitative estimate of drug-likeness (QED) is 0.896. The molecule has 0 atom stereocenters. The van der Waals surface area contributed by atoms with Gasteiger partial charge in [0.2, 0.25) is 0 Å². The summed E-state index contributed by atoms with van der Waals surface area (Å²) in [5.41, 5.74) is 1.36. The molecule has 1 aliphatic heterocycles. The summed E-state index contributed by atoms with van der Waals surface area (Å²) in [4.78, 5) is 12.2. The van der Waals surface area contributed by atoms with Crippen LogP contribution < -0.4 is 10.6 Å². The number of nitrogens with one attached hydrogen (secondary N) is 2. The summed E-state index contributed by atoms with van der Waals surface area (Å²) >= 11 is 3.37. The summed E-state index contributed by atoms with van der Waals surface area (Å²) in [6.45, 7) is 2.04. The van der Waals surface area contributed by atoms with Crippen LogP contribution in [0.3, 0.4) is 0 Å². The van der Waals surface area contributed by atoms with Crippen LogP contribution in [0.1, 0.15) is 29.2 Å². The van der Waals surface area contributed by atoms with Gasteiger partial charge < -0.3 is 10.6 Å². The minimum Gasteiger partial charge on any atom is -0.319 e. The van der Waals surface area contributed by atoms with Crippen molar-refractivity contribution >= 4 is 27.5 Å². The van der Waals surface area contributed by atoms with Gasteiger partial charge in [-0.15, -0.1) is 0 Å². The maximum Gasteiger partial charge on any atom is 0.255 e. The van der Waals surface area contributed by atoms with Crippen LogP contribution in [0.25, 0.3) is 0 Å². The van der Waals surface area contributed by atoms with Crippen molar-refractivity contribution in [2.45, 2.75) is 18.9 Å². The fourth-order valence-electron chi connectivity index (χ4n) is 2.51. The first-order valence-corrected chi connectivity index (χ1v) is 7.83. The highest BCUT2D eigenvalue weighted by Gasteiger charge is 2.16. The molecule has 0 aliphatic carbocycles. The molecule has 0 saturated carbocycles. The molecule has 110 valence electrons. The maximum atomic E-state index is 12.2. The molecule has 2 aromatic rings. The second-order valence-electron chi connectivity index (χ2n) is 5.15. The van der Waals surface area contributed by atoms with Crippen LogP contribution in [-0.2, 0) is 0 Å². The number of carbonyl (C=O) groups is 1. The molecule has 2 heterocycles. The van der Waals surface area contributed by atoms with Gasteiger partial charge in [0.1, 0.15) is 0 Å². The third-order valence-electron chi connectivity index (χ3n) is 3.63.